The van der Waals surface area contributed by atoms with E-state index in [4.69, 9.17) is 4.98 Å². The van der Waals surface area contributed by atoms with Gasteiger partial charge in [-0.1, -0.05) is 42.5 Å². The molecule has 1 amide bonds. The van der Waals surface area contributed by atoms with Crippen molar-refractivity contribution < 1.29 is 4.79 Å². The molecule has 3 aromatic rings. The number of nitrogens with zero attached hydrogens (tertiary/aromatic N) is 2. The molecule has 1 aromatic heterocycles. The molecule has 0 bridgehead atoms. The monoisotopic (exact) mass is 335 g/mol. The minimum atomic E-state index is 0.0244. The number of aryl methyl sites for hydroxylation is 3. The summed E-state index contributed by atoms with van der Waals surface area (Å²) in [5, 5.41) is 2.86. The summed E-state index contributed by atoms with van der Waals surface area (Å²) in [4.78, 5) is 15.8. The predicted molar refractivity (Wildman–Crippen MR) is 102 cm³/mol. The Kier molecular flexibility index (Phi) is 5.83. The van der Waals surface area contributed by atoms with Crippen molar-refractivity contribution in [3.8, 4) is 0 Å². The molecular formula is C21H25N3O. The SMILES string of the molecule is CC(=O)NCCCc1nc2ccccc2n1CCCc1ccccc1. The van der Waals surface area contributed by atoms with Gasteiger partial charge in [0.1, 0.15) is 5.82 Å². The standard InChI is InChI=1S/C21H25N3O/c1-17(25)22-15-7-14-21-23-19-12-5-6-13-20(19)24(21)16-8-11-18-9-3-2-4-10-18/h2-6,9-10,12-13H,7-8,11,14-16H2,1H3,(H,22,25). The number of benzene rings is 2. The van der Waals surface area contributed by atoms with Crippen molar-refractivity contribution in [2.45, 2.75) is 39.2 Å². The van der Waals surface area contributed by atoms with E-state index in [1.165, 1.54) is 11.1 Å². The van der Waals surface area contributed by atoms with Crippen molar-refractivity contribution in [1.82, 2.24) is 14.9 Å². The van der Waals surface area contributed by atoms with E-state index < -0.39 is 0 Å². The van der Waals surface area contributed by atoms with Gasteiger partial charge in [-0.25, -0.2) is 4.98 Å². The van der Waals surface area contributed by atoms with Gasteiger partial charge >= 0.3 is 0 Å². The van der Waals surface area contributed by atoms with Crippen molar-refractivity contribution in [3.63, 3.8) is 0 Å². The van der Waals surface area contributed by atoms with Crippen LogP contribution >= 0.6 is 0 Å². The maximum absolute atomic E-state index is 11.0. The average molecular weight is 335 g/mol. The number of hydrogen-bond acceptors (Lipinski definition) is 2. The fraction of sp³-hybridized carbons (Fsp3) is 0.333. The highest BCUT2D eigenvalue weighted by molar-refractivity contribution is 5.76. The van der Waals surface area contributed by atoms with E-state index in [1.54, 1.807) is 6.92 Å². The number of nitrogens with one attached hydrogen (secondary N) is 1. The lowest BCUT2D eigenvalue weighted by atomic mass is 10.1. The summed E-state index contributed by atoms with van der Waals surface area (Å²) < 4.78 is 2.34. The van der Waals surface area contributed by atoms with Crippen molar-refractivity contribution in [1.29, 1.82) is 0 Å². The van der Waals surface area contributed by atoms with Crippen LogP contribution in [0.1, 0.15) is 31.2 Å². The maximum Gasteiger partial charge on any atom is 0.216 e. The van der Waals surface area contributed by atoms with E-state index in [0.29, 0.717) is 6.54 Å². The van der Waals surface area contributed by atoms with Crippen LogP contribution in [0.25, 0.3) is 11.0 Å². The van der Waals surface area contributed by atoms with Gasteiger partial charge < -0.3 is 9.88 Å². The second-order valence-electron chi connectivity index (χ2n) is 6.34. The molecule has 0 aliphatic rings. The molecule has 0 saturated heterocycles. The Morgan fingerprint density at radius 1 is 1.00 bits per heavy atom. The number of fused-ring (bicyclic) bond motifs is 1. The molecular weight excluding hydrogens is 310 g/mol. The first-order valence-corrected chi connectivity index (χ1v) is 8.96. The van der Waals surface area contributed by atoms with Crippen LogP contribution in [0.2, 0.25) is 0 Å². The van der Waals surface area contributed by atoms with Crippen LogP contribution in [0, 0.1) is 0 Å². The molecule has 1 N–H and O–H groups in total. The zero-order valence-corrected chi connectivity index (χ0v) is 14.7. The lowest BCUT2D eigenvalue weighted by Gasteiger charge is -2.10. The maximum atomic E-state index is 11.0. The lowest BCUT2D eigenvalue weighted by Crippen LogP contribution is -2.21. The van der Waals surface area contributed by atoms with E-state index in [9.17, 15) is 4.79 Å². The Bertz CT molecular complexity index is 824. The van der Waals surface area contributed by atoms with Gasteiger partial charge in [0, 0.05) is 26.4 Å². The number of amides is 1. The molecule has 0 aliphatic heterocycles. The highest BCUT2D eigenvalue weighted by Gasteiger charge is 2.10. The molecule has 4 heteroatoms. The van der Waals surface area contributed by atoms with Crippen LogP contribution in [-0.2, 0) is 24.2 Å². The molecule has 4 nitrogen and oxygen atoms in total. The largest absolute Gasteiger partial charge is 0.356 e. The molecule has 25 heavy (non-hydrogen) atoms. The molecule has 0 aliphatic carbocycles. The summed E-state index contributed by atoms with van der Waals surface area (Å²) >= 11 is 0. The van der Waals surface area contributed by atoms with Crippen LogP contribution in [-0.4, -0.2) is 22.0 Å². The number of aromatic nitrogens is 2. The lowest BCUT2D eigenvalue weighted by molar-refractivity contribution is -0.118. The molecule has 0 radical (unpaired) electrons. The van der Waals surface area contributed by atoms with Gasteiger partial charge in [0.15, 0.2) is 0 Å². The van der Waals surface area contributed by atoms with E-state index >= 15 is 0 Å². The van der Waals surface area contributed by atoms with Gasteiger partial charge in [-0.15, -0.1) is 0 Å². The number of carbonyl (C=O) groups excluding carboxylic acids is 1. The molecule has 3 rings (SSSR count). The summed E-state index contributed by atoms with van der Waals surface area (Å²) in [7, 11) is 0. The topological polar surface area (TPSA) is 46.9 Å². The van der Waals surface area contributed by atoms with E-state index in [2.05, 4.69) is 58.4 Å². The third-order valence-corrected chi connectivity index (χ3v) is 4.37. The normalized spacial score (nSPS) is 10.9. The Morgan fingerprint density at radius 2 is 1.76 bits per heavy atom. The first-order chi connectivity index (χ1) is 12.2. The van der Waals surface area contributed by atoms with Gasteiger partial charge in [-0.3, -0.25) is 4.79 Å². The highest BCUT2D eigenvalue weighted by atomic mass is 16.1. The average Bonchev–Trinajstić information content (AvgIpc) is 2.97. The fourth-order valence-corrected chi connectivity index (χ4v) is 3.16. The summed E-state index contributed by atoms with van der Waals surface area (Å²) in [5.74, 6) is 1.14. The first kappa shape index (κ1) is 17.2. The number of imidazole rings is 1. The van der Waals surface area contributed by atoms with Crippen molar-refractivity contribution >= 4 is 16.9 Å². The number of rotatable bonds is 8. The van der Waals surface area contributed by atoms with Crippen LogP contribution in [0.4, 0.5) is 0 Å². The smallest absolute Gasteiger partial charge is 0.216 e. The van der Waals surface area contributed by atoms with Crippen molar-refractivity contribution in [3.05, 3.63) is 66.0 Å². The fourth-order valence-electron chi connectivity index (χ4n) is 3.16. The van der Waals surface area contributed by atoms with Crippen LogP contribution in [0.5, 0.6) is 0 Å². The Labute approximate surface area is 148 Å². The molecule has 0 unspecified atom stereocenters. The zero-order valence-electron chi connectivity index (χ0n) is 14.7. The molecule has 0 atom stereocenters. The predicted octanol–water partition coefficient (Wildman–Crippen LogP) is 3.74. The first-order valence-electron chi connectivity index (χ1n) is 8.96. The van der Waals surface area contributed by atoms with Crippen LogP contribution in [0.15, 0.2) is 54.6 Å². The van der Waals surface area contributed by atoms with Crippen LogP contribution in [0.3, 0.4) is 0 Å². The van der Waals surface area contributed by atoms with Gasteiger partial charge in [0.05, 0.1) is 11.0 Å². The van der Waals surface area contributed by atoms with E-state index in [-0.39, 0.29) is 5.91 Å². The summed E-state index contributed by atoms with van der Waals surface area (Å²) in [6.45, 7) is 3.21. The molecule has 0 fully saturated rings. The summed E-state index contributed by atoms with van der Waals surface area (Å²) in [6.07, 6.45) is 3.93. The Balaban J connectivity index is 1.68. The van der Waals surface area contributed by atoms with Crippen molar-refractivity contribution in [2.75, 3.05) is 6.54 Å². The molecule has 0 spiro atoms. The van der Waals surface area contributed by atoms with E-state index in [0.717, 1.165) is 43.6 Å². The molecule has 1 heterocycles. The second kappa shape index (κ2) is 8.47. The van der Waals surface area contributed by atoms with Gasteiger partial charge in [-0.05, 0) is 37.0 Å². The molecule has 0 saturated carbocycles. The highest BCUT2D eigenvalue weighted by Crippen LogP contribution is 2.18. The van der Waals surface area contributed by atoms with Gasteiger partial charge in [0.2, 0.25) is 5.91 Å². The van der Waals surface area contributed by atoms with Gasteiger partial charge in [-0.2, -0.15) is 0 Å². The zero-order chi connectivity index (χ0) is 17.5. The minimum absolute atomic E-state index is 0.0244. The van der Waals surface area contributed by atoms with E-state index in [1.807, 2.05) is 6.07 Å². The number of carbonyl (C=O) groups is 1. The number of para-hydroxylation sites is 2. The molecule has 130 valence electrons. The Morgan fingerprint density at radius 3 is 2.56 bits per heavy atom. The second-order valence-corrected chi connectivity index (χ2v) is 6.34. The summed E-state index contributed by atoms with van der Waals surface area (Å²) in [5.41, 5.74) is 3.63. The van der Waals surface area contributed by atoms with Gasteiger partial charge in [0.25, 0.3) is 0 Å². The third-order valence-electron chi connectivity index (χ3n) is 4.37. The van der Waals surface area contributed by atoms with Crippen LogP contribution < -0.4 is 5.32 Å². The number of hydrogen-bond donors (Lipinski definition) is 1. The summed E-state index contributed by atoms with van der Waals surface area (Å²) in [6, 6.07) is 18.9. The third kappa shape index (κ3) is 4.69. The minimum Gasteiger partial charge on any atom is -0.356 e. The van der Waals surface area contributed by atoms with Crippen molar-refractivity contribution in [2.24, 2.45) is 0 Å². The quantitative estimate of drug-likeness (QED) is 0.638. The molecule has 2 aromatic carbocycles. The Hall–Kier alpha value is -2.62.